The number of rotatable bonds is 7. The minimum Gasteiger partial charge on any atom is -0.493 e. The Bertz CT molecular complexity index is 949. The average molecular weight is 379 g/mol. The van der Waals surface area contributed by atoms with Gasteiger partial charge in [0.25, 0.3) is 5.91 Å². The van der Waals surface area contributed by atoms with Crippen LogP contribution < -0.4 is 14.8 Å². The van der Waals surface area contributed by atoms with Gasteiger partial charge in [-0.2, -0.15) is 5.10 Å². The van der Waals surface area contributed by atoms with Crippen molar-refractivity contribution in [3.63, 3.8) is 0 Å². The zero-order valence-corrected chi connectivity index (χ0v) is 16.6. The van der Waals surface area contributed by atoms with Crippen LogP contribution in [0.5, 0.6) is 11.5 Å². The van der Waals surface area contributed by atoms with Crippen LogP contribution in [-0.2, 0) is 6.42 Å². The first-order valence-corrected chi connectivity index (χ1v) is 9.19. The Kier molecular flexibility index (Phi) is 5.99. The molecule has 0 fully saturated rings. The molecule has 0 aliphatic heterocycles. The molecule has 3 rings (SSSR count). The fourth-order valence-corrected chi connectivity index (χ4v) is 3.04. The normalized spacial score (nSPS) is 10.8. The topological polar surface area (TPSA) is 76.2 Å². The first-order valence-electron chi connectivity index (χ1n) is 9.19. The number of benzene rings is 2. The second-order valence-electron chi connectivity index (χ2n) is 6.91. The maximum absolute atomic E-state index is 12.8. The zero-order chi connectivity index (χ0) is 20.1. The van der Waals surface area contributed by atoms with Crippen LogP contribution in [0.15, 0.2) is 48.5 Å². The van der Waals surface area contributed by atoms with Gasteiger partial charge in [-0.05, 0) is 42.7 Å². The number of anilines is 1. The number of carbonyl (C=O) groups is 1. The maximum Gasteiger partial charge on any atom is 0.255 e. The highest BCUT2D eigenvalue weighted by atomic mass is 16.5. The molecule has 28 heavy (non-hydrogen) atoms. The molecule has 6 nitrogen and oxygen atoms in total. The van der Waals surface area contributed by atoms with Gasteiger partial charge in [-0.3, -0.25) is 9.89 Å². The Labute approximate surface area is 164 Å². The third kappa shape index (κ3) is 4.17. The van der Waals surface area contributed by atoms with E-state index in [-0.39, 0.29) is 5.91 Å². The van der Waals surface area contributed by atoms with E-state index in [4.69, 9.17) is 9.47 Å². The molecule has 0 saturated heterocycles. The largest absolute Gasteiger partial charge is 0.493 e. The number of H-pyrrole nitrogens is 1. The lowest BCUT2D eigenvalue weighted by atomic mass is 10.0. The molecule has 0 aliphatic rings. The van der Waals surface area contributed by atoms with Crippen LogP contribution in [-0.4, -0.2) is 30.3 Å². The molecule has 3 aromatic rings. The van der Waals surface area contributed by atoms with Crippen LogP contribution in [0.1, 0.15) is 29.9 Å². The van der Waals surface area contributed by atoms with Gasteiger partial charge in [-0.15, -0.1) is 0 Å². The van der Waals surface area contributed by atoms with Gasteiger partial charge in [-0.25, -0.2) is 0 Å². The lowest BCUT2D eigenvalue weighted by Crippen LogP contribution is -2.13. The van der Waals surface area contributed by atoms with E-state index < -0.39 is 0 Å². The van der Waals surface area contributed by atoms with Gasteiger partial charge < -0.3 is 14.8 Å². The summed E-state index contributed by atoms with van der Waals surface area (Å²) in [7, 11) is 3.19. The highest BCUT2D eigenvalue weighted by Crippen LogP contribution is 2.36. The first kappa shape index (κ1) is 19.5. The van der Waals surface area contributed by atoms with Gasteiger partial charge in [0.1, 0.15) is 5.69 Å². The molecule has 1 aromatic heterocycles. The Morgan fingerprint density at radius 1 is 1.07 bits per heavy atom. The number of aromatic amines is 1. The molecule has 2 aromatic carbocycles. The number of nitrogens with one attached hydrogen (secondary N) is 2. The number of aromatic nitrogens is 2. The number of carbonyl (C=O) groups excluding carboxylic acids is 1. The number of amides is 1. The molecule has 0 spiro atoms. The number of hydrogen-bond acceptors (Lipinski definition) is 4. The molecule has 146 valence electrons. The van der Waals surface area contributed by atoms with E-state index in [1.807, 2.05) is 36.4 Å². The maximum atomic E-state index is 12.8. The summed E-state index contributed by atoms with van der Waals surface area (Å²) in [5.74, 6) is 1.48. The van der Waals surface area contributed by atoms with Gasteiger partial charge in [0, 0.05) is 11.1 Å². The van der Waals surface area contributed by atoms with Gasteiger partial charge in [0.15, 0.2) is 11.5 Å². The van der Waals surface area contributed by atoms with Crippen LogP contribution in [0.25, 0.3) is 11.3 Å². The number of hydrogen-bond donors (Lipinski definition) is 2. The average Bonchev–Trinajstić information content (AvgIpc) is 3.09. The van der Waals surface area contributed by atoms with Crippen molar-refractivity contribution in [3.8, 4) is 22.8 Å². The minimum absolute atomic E-state index is 0.172. The number of ether oxygens (including phenoxy) is 2. The first-order chi connectivity index (χ1) is 13.5. The summed E-state index contributed by atoms with van der Waals surface area (Å²) in [6.07, 6.45) is 0.769. The van der Waals surface area contributed by atoms with Gasteiger partial charge in [0.05, 0.1) is 25.6 Å². The van der Waals surface area contributed by atoms with Crippen LogP contribution in [0, 0.1) is 5.92 Å². The molecule has 0 bridgehead atoms. The third-order valence-corrected chi connectivity index (χ3v) is 4.39. The monoisotopic (exact) mass is 379 g/mol. The van der Waals surface area contributed by atoms with E-state index >= 15 is 0 Å². The summed E-state index contributed by atoms with van der Waals surface area (Å²) in [5.41, 5.74) is 3.67. The lowest BCUT2D eigenvalue weighted by molar-refractivity contribution is 0.102. The highest BCUT2D eigenvalue weighted by molar-refractivity contribution is 6.06. The van der Waals surface area contributed by atoms with Gasteiger partial charge >= 0.3 is 0 Å². The summed E-state index contributed by atoms with van der Waals surface area (Å²) in [6.45, 7) is 4.25. The molecule has 0 saturated carbocycles. The Hall–Kier alpha value is -3.28. The molecule has 0 unspecified atom stereocenters. The number of nitrogens with zero attached hydrogens (tertiary/aromatic N) is 1. The Balaban J connectivity index is 2.02. The van der Waals surface area contributed by atoms with Crippen molar-refractivity contribution in [2.24, 2.45) is 5.92 Å². The Morgan fingerprint density at radius 3 is 2.43 bits per heavy atom. The summed E-state index contributed by atoms with van der Waals surface area (Å²) < 4.78 is 10.7. The number of methoxy groups -OCH3 is 2. The molecule has 0 radical (unpaired) electrons. The molecular formula is C22H25N3O3. The second kappa shape index (κ2) is 8.61. The highest BCUT2D eigenvalue weighted by Gasteiger charge is 2.20. The van der Waals surface area contributed by atoms with Crippen molar-refractivity contribution < 1.29 is 14.3 Å². The van der Waals surface area contributed by atoms with E-state index in [9.17, 15) is 4.79 Å². The van der Waals surface area contributed by atoms with E-state index in [0.29, 0.717) is 34.4 Å². The van der Waals surface area contributed by atoms with E-state index in [1.54, 1.807) is 26.4 Å². The quantitative estimate of drug-likeness (QED) is 0.632. The van der Waals surface area contributed by atoms with E-state index in [0.717, 1.165) is 17.7 Å². The van der Waals surface area contributed by atoms with Crippen molar-refractivity contribution in [3.05, 3.63) is 59.8 Å². The third-order valence-electron chi connectivity index (χ3n) is 4.39. The van der Waals surface area contributed by atoms with Crippen molar-refractivity contribution in [1.82, 2.24) is 10.2 Å². The fourth-order valence-electron chi connectivity index (χ4n) is 3.04. The Morgan fingerprint density at radius 2 is 1.79 bits per heavy atom. The van der Waals surface area contributed by atoms with Crippen LogP contribution in [0.2, 0.25) is 0 Å². The van der Waals surface area contributed by atoms with Crippen molar-refractivity contribution in [2.45, 2.75) is 20.3 Å². The molecule has 1 amide bonds. The van der Waals surface area contributed by atoms with Crippen molar-refractivity contribution >= 4 is 11.6 Å². The van der Waals surface area contributed by atoms with Gasteiger partial charge in [-0.1, -0.05) is 32.0 Å². The second-order valence-corrected chi connectivity index (χ2v) is 6.91. The predicted octanol–water partition coefficient (Wildman–Crippen LogP) is 4.54. The predicted molar refractivity (Wildman–Crippen MR) is 110 cm³/mol. The van der Waals surface area contributed by atoms with Crippen molar-refractivity contribution in [2.75, 3.05) is 19.5 Å². The molecule has 1 heterocycles. The SMILES string of the molecule is COc1ccc(-c2n[nH]c(CC(C)C)c2NC(=O)c2ccccc2)cc1OC. The smallest absolute Gasteiger partial charge is 0.255 e. The molecule has 0 aliphatic carbocycles. The molecule has 2 N–H and O–H groups in total. The minimum atomic E-state index is -0.172. The lowest BCUT2D eigenvalue weighted by Gasteiger charge is -2.12. The zero-order valence-electron chi connectivity index (χ0n) is 16.6. The summed E-state index contributed by atoms with van der Waals surface area (Å²) in [6, 6.07) is 14.7. The molecule has 6 heteroatoms. The molecular weight excluding hydrogens is 354 g/mol. The molecule has 0 atom stereocenters. The van der Waals surface area contributed by atoms with Crippen molar-refractivity contribution in [1.29, 1.82) is 0 Å². The van der Waals surface area contributed by atoms with Crippen LogP contribution >= 0.6 is 0 Å². The fraction of sp³-hybridized carbons (Fsp3) is 0.273. The summed E-state index contributed by atoms with van der Waals surface area (Å²) in [5, 5.41) is 10.6. The van der Waals surface area contributed by atoms with E-state index in [2.05, 4.69) is 29.4 Å². The van der Waals surface area contributed by atoms with E-state index in [1.165, 1.54) is 0 Å². The summed E-state index contributed by atoms with van der Waals surface area (Å²) in [4.78, 5) is 12.8. The summed E-state index contributed by atoms with van der Waals surface area (Å²) >= 11 is 0. The van der Waals surface area contributed by atoms with Crippen LogP contribution in [0.4, 0.5) is 5.69 Å². The van der Waals surface area contributed by atoms with Gasteiger partial charge in [0.2, 0.25) is 0 Å². The standard InChI is InChI=1S/C22H25N3O3/c1-14(2)12-17-21(23-22(26)15-8-6-5-7-9-15)20(25-24-17)16-10-11-18(27-3)19(13-16)28-4/h5-11,13-14H,12H2,1-4H3,(H,23,26)(H,24,25). The van der Waals surface area contributed by atoms with Crippen LogP contribution in [0.3, 0.4) is 0 Å².